The molecule has 1 saturated heterocycles. The molecule has 0 saturated carbocycles. The summed E-state index contributed by atoms with van der Waals surface area (Å²) in [6, 6.07) is 18.3. The largest absolute Gasteiger partial charge is 0.390 e. The van der Waals surface area contributed by atoms with E-state index in [4.69, 9.17) is 0 Å². The Labute approximate surface area is 161 Å². The molecule has 0 aromatic heterocycles. The second kappa shape index (κ2) is 9.02. The number of hydrogen-bond acceptors (Lipinski definition) is 4. The first-order chi connectivity index (χ1) is 13.0. The molecule has 27 heavy (non-hydrogen) atoms. The van der Waals surface area contributed by atoms with Gasteiger partial charge >= 0.3 is 0 Å². The number of nitrogens with zero attached hydrogens (tertiary/aromatic N) is 3. The van der Waals surface area contributed by atoms with Crippen LogP contribution in [0.5, 0.6) is 0 Å². The van der Waals surface area contributed by atoms with Crippen LogP contribution in [0, 0.1) is 0 Å². The molecule has 1 N–H and O–H groups in total. The van der Waals surface area contributed by atoms with Crippen molar-refractivity contribution in [2.75, 3.05) is 45.2 Å². The molecule has 144 valence electrons. The summed E-state index contributed by atoms with van der Waals surface area (Å²) in [5.74, 6) is 0.0771. The summed E-state index contributed by atoms with van der Waals surface area (Å²) in [6.45, 7) is 3.22. The molecule has 5 nitrogen and oxygen atoms in total. The van der Waals surface area contributed by atoms with E-state index in [-0.39, 0.29) is 5.91 Å². The van der Waals surface area contributed by atoms with Gasteiger partial charge in [-0.25, -0.2) is 0 Å². The van der Waals surface area contributed by atoms with Gasteiger partial charge < -0.3 is 14.9 Å². The van der Waals surface area contributed by atoms with Gasteiger partial charge in [0.25, 0.3) is 0 Å². The van der Waals surface area contributed by atoms with Gasteiger partial charge in [-0.05, 0) is 23.3 Å². The third-order valence-electron chi connectivity index (χ3n) is 5.00. The van der Waals surface area contributed by atoms with Crippen LogP contribution in [0.2, 0.25) is 0 Å². The van der Waals surface area contributed by atoms with Crippen LogP contribution in [-0.2, 0) is 17.8 Å². The van der Waals surface area contributed by atoms with Gasteiger partial charge in [0.2, 0.25) is 5.91 Å². The van der Waals surface area contributed by atoms with Gasteiger partial charge in [0.15, 0.2) is 0 Å². The molecule has 2 aromatic carbocycles. The average Bonchev–Trinajstić information content (AvgIpc) is 2.84. The van der Waals surface area contributed by atoms with Crippen molar-refractivity contribution in [2.24, 2.45) is 0 Å². The van der Waals surface area contributed by atoms with E-state index in [2.05, 4.69) is 17.0 Å². The molecule has 0 unspecified atom stereocenters. The number of carbonyl (C=O) groups excluding carboxylic acids is 1. The fourth-order valence-electron chi connectivity index (χ4n) is 3.46. The summed E-state index contributed by atoms with van der Waals surface area (Å²) in [5, 5.41) is 10.4. The average molecular weight is 367 g/mol. The molecule has 0 aliphatic carbocycles. The van der Waals surface area contributed by atoms with E-state index >= 15 is 0 Å². The lowest BCUT2D eigenvalue weighted by atomic mass is 10.1. The highest BCUT2D eigenvalue weighted by atomic mass is 16.3. The standard InChI is InChI=1S/C22H29N3O2/c1-23(2)20-10-8-18(9-11-20)14-22(27)25-13-12-24(16-21(26)17-25)15-19-6-4-3-5-7-19/h3-11,21,26H,12-17H2,1-2H3/t21-/m1/s1. The van der Waals surface area contributed by atoms with Gasteiger partial charge in [-0.1, -0.05) is 42.5 Å². The Morgan fingerprint density at radius 3 is 2.37 bits per heavy atom. The van der Waals surface area contributed by atoms with Crippen molar-refractivity contribution in [2.45, 2.75) is 19.1 Å². The minimum absolute atomic E-state index is 0.0771. The van der Waals surface area contributed by atoms with Gasteiger partial charge in [-0.3, -0.25) is 9.69 Å². The summed E-state index contributed by atoms with van der Waals surface area (Å²) in [4.78, 5) is 18.8. The molecule has 0 bridgehead atoms. The molecule has 3 rings (SSSR count). The molecule has 5 heteroatoms. The summed E-state index contributed by atoms with van der Waals surface area (Å²) in [5.41, 5.74) is 3.35. The normalized spacial score (nSPS) is 18.2. The SMILES string of the molecule is CN(C)c1ccc(CC(=O)N2CCN(Cc3ccccc3)C[C@@H](O)C2)cc1. The van der Waals surface area contributed by atoms with Crippen molar-refractivity contribution in [1.29, 1.82) is 0 Å². The van der Waals surface area contributed by atoms with Gasteiger partial charge in [0, 0.05) is 52.5 Å². The monoisotopic (exact) mass is 367 g/mol. The maximum Gasteiger partial charge on any atom is 0.227 e. The number of amides is 1. The summed E-state index contributed by atoms with van der Waals surface area (Å²) >= 11 is 0. The highest BCUT2D eigenvalue weighted by molar-refractivity contribution is 5.79. The van der Waals surface area contributed by atoms with Gasteiger partial charge in [0.05, 0.1) is 12.5 Å². The van der Waals surface area contributed by atoms with Crippen molar-refractivity contribution in [3.8, 4) is 0 Å². The smallest absolute Gasteiger partial charge is 0.227 e. The molecule has 0 radical (unpaired) electrons. The summed E-state index contributed by atoms with van der Waals surface area (Å²) in [7, 11) is 4.00. The van der Waals surface area contributed by atoms with Crippen LogP contribution in [-0.4, -0.2) is 67.2 Å². The Hall–Kier alpha value is -2.37. The molecule has 0 spiro atoms. The molecule has 1 amide bonds. The van der Waals surface area contributed by atoms with E-state index in [0.29, 0.717) is 26.1 Å². The maximum absolute atomic E-state index is 12.7. The highest BCUT2D eigenvalue weighted by Gasteiger charge is 2.24. The van der Waals surface area contributed by atoms with Crippen LogP contribution in [0.4, 0.5) is 5.69 Å². The van der Waals surface area contributed by atoms with Crippen LogP contribution in [0.15, 0.2) is 54.6 Å². The lowest BCUT2D eigenvalue weighted by Crippen LogP contribution is -2.38. The fourth-order valence-corrected chi connectivity index (χ4v) is 3.46. The predicted octanol–water partition coefficient (Wildman–Crippen LogP) is 2.00. The molecular weight excluding hydrogens is 338 g/mol. The third kappa shape index (κ3) is 5.55. The van der Waals surface area contributed by atoms with Crippen LogP contribution >= 0.6 is 0 Å². The number of anilines is 1. The minimum atomic E-state index is -0.517. The Morgan fingerprint density at radius 2 is 1.70 bits per heavy atom. The number of benzene rings is 2. The zero-order valence-corrected chi connectivity index (χ0v) is 16.2. The molecule has 1 aliphatic heterocycles. The number of rotatable bonds is 5. The van der Waals surface area contributed by atoms with E-state index in [1.165, 1.54) is 5.56 Å². The van der Waals surface area contributed by atoms with E-state index < -0.39 is 6.10 Å². The number of aliphatic hydroxyl groups is 1. The van der Waals surface area contributed by atoms with Gasteiger partial charge in [-0.15, -0.1) is 0 Å². The maximum atomic E-state index is 12.7. The zero-order valence-electron chi connectivity index (χ0n) is 16.2. The molecular formula is C22H29N3O2. The molecule has 2 aromatic rings. The Balaban J connectivity index is 1.57. The van der Waals surface area contributed by atoms with Crippen molar-refractivity contribution in [1.82, 2.24) is 9.80 Å². The quantitative estimate of drug-likeness (QED) is 0.878. The van der Waals surface area contributed by atoms with Crippen LogP contribution in [0.3, 0.4) is 0 Å². The first kappa shape index (κ1) is 19.4. The van der Waals surface area contributed by atoms with Gasteiger partial charge in [0.1, 0.15) is 0 Å². The van der Waals surface area contributed by atoms with E-state index in [0.717, 1.165) is 24.3 Å². The molecule has 1 aliphatic rings. The van der Waals surface area contributed by atoms with Crippen molar-refractivity contribution < 1.29 is 9.90 Å². The number of carbonyl (C=O) groups is 1. The van der Waals surface area contributed by atoms with E-state index in [1.54, 1.807) is 4.90 Å². The van der Waals surface area contributed by atoms with Gasteiger partial charge in [-0.2, -0.15) is 0 Å². The number of β-amino-alcohol motifs (C(OH)–C–C–N with tert-alkyl or cyclic N) is 1. The summed E-state index contributed by atoms with van der Waals surface area (Å²) < 4.78 is 0. The second-order valence-corrected chi connectivity index (χ2v) is 7.45. The van der Waals surface area contributed by atoms with Crippen LogP contribution < -0.4 is 4.90 Å². The van der Waals surface area contributed by atoms with Crippen molar-refractivity contribution in [3.05, 3.63) is 65.7 Å². The first-order valence-corrected chi connectivity index (χ1v) is 9.49. The Bertz CT molecular complexity index is 731. The fraction of sp³-hybridized carbons (Fsp3) is 0.409. The van der Waals surface area contributed by atoms with Crippen LogP contribution in [0.25, 0.3) is 0 Å². The summed E-state index contributed by atoms with van der Waals surface area (Å²) in [6.07, 6.45) is -0.143. The zero-order chi connectivity index (χ0) is 19.2. The topological polar surface area (TPSA) is 47.0 Å². The number of hydrogen-bond donors (Lipinski definition) is 1. The minimum Gasteiger partial charge on any atom is -0.390 e. The molecule has 1 fully saturated rings. The first-order valence-electron chi connectivity index (χ1n) is 9.49. The molecule has 1 heterocycles. The third-order valence-corrected chi connectivity index (χ3v) is 5.00. The second-order valence-electron chi connectivity index (χ2n) is 7.45. The van der Waals surface area contributed by atoms with E-state index in [9.17, 15) is 9.90 Å². The van der Waals surface area contributed by atoms with E-state index in [1.807, 2.05) is 61.5 Å². The van der Waals surface area contributed by atoms with Crippen molar-refractivity contribution >= 4 is 11.6 Å². The number of aliphatic hydroxyl groups excluding tert-OH is 1. The molecule has 1 atom stereocenters. The highest BCUT2D eigenvalue weighted by Crippen LogP contribution is 2.15. The Morgan fingerprint density at radius 1 is 1.00 bits per heavy atom. The van der Waals surface area contributed by atoms with Crippen LogP contribution in [0.1, 0.15) is 11.1 Å². The lowest BCUT2D eigenvalue weighted by Gasteiger charge is -2.22. The Kier molecular flexibility index (Phi) is 6.48. The predicted molar refractivity (Wildman–Crippen MR) is 109 cm³/mol. The lowest BCUT2D eigenvalue weighted by molar-refractivity contribution is -0.131. The van der Waals surface area contributed by atoms with Crippen molar-refractivity contribution in [3.63, 3.8) is 0 Å².